The zero-order valence-electron chi connectivity index (χ0n) is 13.9. The molecule has 3 aromatic rings. The first-order valence-electron chi connectivity index (χ1n) is 7.73. The lowest BCUT2D eigenvalue weighted by Gasteiger charge is -2.09. The number of para-hydroxylation sites is 2. The maximum absolute atomic E-state index is 12.1. The number of methoxy groups -OCH3 is 1. The van der Waals surface area contributed by atoms with Crippen LogP contribution in [0.5, 0.6) is 5.75 Å². The average molecular weight is 390 g/mol. The number of nitrogens with zero attached hydrogens (tertiary/aromatic N) is 4. The van der Waals surface area contributed by atoms with Crippen molar-refractivity contribution in [2.45, 2.75) is 11.7 Å². The Bertz CT molecular complexity index is 902. The first kappa shape index (κ1) is 18.2. The maximum atomic E-state index is 12.1. The van der Waals surface area contributed by atoms with Crippen molar-refractivity contribution in [3.8, 4) is 11.4 Å². The largest absolute Gasteiger partial charge is 0.494 e. The van der Waals surface area contributed by atoms with E-state index in [1.54, 1.807) is 17.9 Å². The summed E-state index contributed by atoms with van der Waals surface area (Å²) in [7, 11) is 1.58. The number of carbonyl (C=O) groups excluding carboxylic acids is 1. The lowest BCUT2D eigenvalue weighted by atomic mass is 10.2. The standard InChI is InChI=1S/C17H16ClN5O2S/c1-25-15-8-3-2-7-14(15)23-17(20-21-22-23)26-11-16(24)19-10-12-5-4-6-13(18)9-12/h2-9H,10-11H2,1H3,(H,19,24). The van der Waals surface area contributed by atoms with Gasteiger partial charge in [-0.15, -0.1) is 5.10 Å². The molecule has 0 spiro atoms. The maximum Gasteiger partial charge on any atom is 0.230 e. The van der Waals surface area contributed by atoms with Gasteiger partial charge in [0.25, 0.3) is 0 Å². The molecular formula is C17H16ClN5O2S. The molecule has 0 radical (unpaired) electrons. The number of thioether (sulfide) groups is 1. The molecule has 0 saturated heterocycles. The number of carbonyl (C=O) groups is 1. The van der Waals surface area contributed by atoms with Crippen molar-refractivity contribution < 1.29 is 9.53 Å². The molecule has 26 heavy (non-hydrogen) atoms. The van der Waals surface area contributed by atoms with E-state index >= 15 is 0 Å². The third kappa shape index (κ3) is 4.53. The zero-order valence-corrected chi connectivity index (χ0v) is 15.5. The predicted molar refractivity (Wildman–Crippen MR) is 99.7 cm³/mol. The molecule has 0 unspecified atom stereocenters. The van der Waals surface area contributed by atoms with Crippen LogP contribution < -0.4 is 10.1 Å². The minimum absolute atomic E-state index is 0.121. The summed E-state index contributed by atoms with van der Waals surface area (Å²) in [5.74, 6) is 0.715. The number of benzene rings is 2. The SMILES string of the molecule is COc1ccccc1-n1nnnc1SCC(=O)NCc1cccc(Cl)c1. The first-order valence-corrected chi connectivity index (χ1v) is 9.09. The van der Waals surface area contributed by atoms with Gasteiger partial charge in [0.15, 0.2) is 0 Å². The number of tetrazole rings is 1. The third-order valence-corrected chi connectivity index (χ3v) is 4.62. The minimum Gasteiger partial charge on any atom is -0.494 e. The number of nitrogens with one attached hydrogen (secondary N) is 1. The van der Waals surface area contributed by atoms with E-state index in [1.807, 2.05) is 42.5 Å². The molecule has 1 aromatic heterocycles. The number of halogens is 1. The van der Waals surface area contributed by atoms with Crippen LogP contribution in [0.2, 0.25) is 5.02 Å². The molecule has 1 amide bonds. The average Bonchev–Trinajstić information content (AvgIpc) is 3.13. The smallest absolute Gasteiger partial charge is 0.230 e. The molecule has 3 rings (SSSR count). The highest BCUT2D eigenvalue weighted by Crippen LogP contribution is 2.25. The van der Waals surface area contributed by atoms with Crippen LogP contribution in [0.1, 0.15) is 5.56 Å². The molecule has 0 aliphatic heterocycles. The van der Waals surface area contributed by atoms with Gasteiger partial charge in [0.05, 0.1) is 12.9 Å². The van der Waals surface area contributed by atoms with Crippen molar-refractivity contribution >= 4 is 29.3 Å². The summed E-state index contributed by atoms with van der Waals surface area (Å²) >= 11 is 7.18. The summed E-state index contributed by atoms with van der Waals surface area (Å²) in [5.41, 5.74) is 1.65. The molecule has 0 bridgehead atoms. The fourth-order valence-corrected chi connectivity index (χ4v) is 3.18. The molecule has 2 aromatic carbocycles. The Balaban J connectivity index is 1.60. The van der Waals surface area contributed by atoms with Crippen molar-refractivity contribution in [1.29, 1.82) is 0 Å². The van der Waals surface area contributed by atoms with Crippen LogP contribution in [-0.4, -0.2) is 39.0 Å². The van der Waals surface area contributed by atoms with E-state index in [2.05, 4.69) is 20.8 Å². The molecule has 0 aliphatic carbocycles. The number of ether oxygens (including phenoxy) is 1. The van der Waals surface area contributed by atoms with E-state index in [9.17, 15) is 4.79 Å². The van der Waals surface area contributed by atoms with E-state index in [0.717, 1.165) is 5.56 Å². The second-order valence-electron chi connectivity index (χ2n) is 5.24. The van der Waals surface area contributed by atoms with Crippen LogP contribution in [0.4, 0.5) is 0 Å². The van der Waals surface area contributed by atoms with Crippen molar-refractivity contribution in [3.63, 3.8) is 0 Å². The highest BCUT2D eigenvalue weighted by atomic mass is 35.5. The van der Waals surface area contributed by atoms with Gasteiger partial charge < -0.3 is 10.1 Å². The molecule has 0 aliphatic rings. The fraction of sp³-hybridized carbons (Fsp3) is 0.176. The Kier molecular flexibility index (Phi) is 6.08. The van der Waals surface area contributed by atoms with Crippen LogP contribution in [-0.2, 0) is 11.3 Å². The first-order chi connectivity index (χ1) is 12.7. The number of aromatic nitrogens is 4. The lowest BCUT2D eigenvalue weighted by molar-refractivity contribution is -0.118. The molecule has 134 valence electrons. The Labute approximate surface area is 159 Å². The molecule has 9 heteroatoms. The highest BCUT2D eigenvalue weighted by Gasteiger charge is 2.14. The van der Waals surface area contributed by atoms with Crippen LogP contribution in [0.3, 0.4) is 0 Å². The van der Waals surface area contributed by atoms with Crippen LogP contribution in [0, 0.1) is 0 Å². The Morgan fingerprint density at radius 1 is 1.27 bits per heavy atom. The summed E-state index contributed by atoms with van der Waals surface area (Å²) in [6, 6.07) is 14.8. The van der Waals surface area contributed by atoms with Gasteiger partial charge in [0.1, 0.15) is 11.4 Å². The molecule has 1 heterocycles. The Hall–Kier alpha value is -2.58. The minimum atomic E-state index is -0.121. The van der Waals surface area contributed by atoms with E-state index in [1.165, 1.54) is 11.8 Å². The van der Waals surface area contributed by atoms with Crippen molar-refractivity contribution in [1.82, 2.24) is 25.5 Å². The van der Waals surface area contributed by atoms with Gasteiger partial charge in [0, 0.05) is 11.6 Å². The molecule has 0 saturated carbocycles. The monoisotopic (exact) mass is 389 g/mol. The highest BCUT2D eigenvalue weighted by molar-refractivity contribution is 7.99. The number of amides is 1. The number of hydrogen-bond donors (Lipinski definition) is 1. The molecule has 1 N–H and O–H groups in total. The predicted octanol–water partition coefficient (Wildman–Crippen LogP) is 2.73. The van der Waals surface area contributed by atoms with Gasteiger partial charge in [-0.25, -0.2) is 0 Å². The van der Waals surface area contributed by atoms with Crippen LogP contribution >= 0.6 is 23.4 Å². The van der Waals surface area contributed by atoms with Gasteiger partial charge in [-0.3, -0.25) is 4.79 Å². The summed E-state index contributed by atoms with van der Waals surface area (Å²) < 4.78 is 6.88. The lowest BCUT2D eigenvalue weighted by Crippen LogP contribution is -2.24. The van der Waals surface area contributed by atoms with E-state index < -0.39 is 0 Å². The summed E-state index contributed by atoms with van der Waals surface area (Å²) in [5, 5.41) is 15.7. The second kappa shape index (κ2) is 8.68. The zero-order chi connectivity index (χ0) is 18.4. The third-order valence-electron chi connectivity index (χ3n) is 3.47. The van der Waals surface area contributed by atoms with Gasteiger partial charge in [-0.2, -0.15) is 4.68 Å². The normalized spacial score (nSPS) is 10.5. The van der Waals surface area contributed by atoms with Crippen LogP contribution in [0.25, 0.3) is 5.69 Å². The van der Waals surface area contributed by atoms with Crippen molar-refractivity contribution in [3.05, 3.63) is 59.1 Å². The number of hydrogen-bond acceptors (Lipinski definition) is 6. The molecule has 0 atom stereocenters. The van der Waals surface area contributed by atoms with E-state index in [-0.39, 0.29) is 11.7 Å². The summed E-state index contributed by atoms with van der Waals surface area (Å²) in [4.78, 5) is 12.1. The van der Waals surface area contributed by atoms with Gasteiger partial charge >= 0.3 is 0 Å². The molecule has 0 fully saturated rings. The van der Waals surface area contributed by atoms with Crippen molar-refractivity contribution in [2.24, 2.45) is 0 Å². The van der Waals surface area contributed by atoms with Gasteiger partial charge in [0.2, 0.25) is 11.1 Å². The Morgan fingerprint density at radius 2 is 2.12 bits per heavy atom. The number of rotatable bonds is 7. The van der Waals surface area contributed by atoms with Crippen LogP contribution in [0.15, 0.2) is 53.7 Å². The van der Waals surface area contributed by atoms with Gasteiger partial charge in [-0.05, 0) is 40.3 Å². The second-order valence-corrected chi connectivity index (χ2v) is 6.62. The fourth-order valence-electron chi connectivity index (χ4n) is 2.25. The topological polar surface area (TPSA) is 81.9 Å². The summed E-state index contributed by atoms with van der Waals surface area (Å²) in [6.45, 7) is 0.414. The van der Waals surface area contributed by atoms with Gasteiger partial charge in [-0.1, -0.05) is 47.6 Å². The molecule has 7 nitrogen and oxygen atoms in total. The van der Waals surface area contributed by atoms with Crippen molar-refractivity contribution in [2.75, 3.05) is 12.9 Å². The Morgan fingerprint density at radius 3 is 2.92 bits per heavy atom. The molecular weight excluding hydrogens is 374 g/mol. The quantitative estimate of drug-likeness (QED) is 0.626. The van der Waals surface area contributed by atoms with E-state index in [0.29, 0.717) is 28.2 Å². The van der Waals surface area contributed by atoms with E-state index in [4.69, 9.17) is 16.3 Å². The summed E-state index contributed by atoms with van der Waals surface area (Å²) in [6.07, 6.45) is 0.